The summed E-state index contributed by atoms with van der Waals surface area (Å²) in [5.74, 6) is -4.41. The standard InChI is InChI=1S/C37H33F6NO/c1-2-3-4-5-23-6-8-24(9-7-23)25-10-12-26(13-11-25)29-19-34(40)36(35(41)20-29)37(42,43)45-30-16-17-31(33(39)21-30)27-14-15-28(22-44)32(38)18-27/h10-21,23-24H,2-9H2,1H3. The highest BCUT2D eigenvalue weighted by Crippen LogP contribution is 2.40. The number of alkyl halides is 2. The topological polar surface area (TPSA) is 33.0 Å². The molecule has 1 aliphatic carbocycles. The molecular weight excluding hydrogens is 588 g/mol. The van der Waals surface area contributed by atoms with Crippen LogP contribution in [0.2, 0.25) is 0 Å². The Bertz CT molecular complexity index is 1660. The third kappa shape index (κ3) is 7.36. The number of nitriles is 1. The van der Waals surface area contributed by atoms with E-state index in [0.717, 1.165) is 60.7 Å². The van der Waals surface area contributed by atoms with E-state index in [1.54, 1.807) is 18.2 Å². The van der Waals surface area contributed by atoms with Gasteiger partial charge in [0.25, 0.3) is 0 Å². The third-order valence-electron chi connectivity index (χ3n) is 8.70. The van der Waals surface area contributed by atoms with Gasteiger partial charge in [-0.05, 0) is 96.2 Å². The van der Waals surface area contributed by atoms with Gasteiger partial charge in [-0.1, -0.05) is 62.9 Å². The number of rotatable bonds is 10. The first-order valence-corrected chi connectivity index (χ1v) is 15.3. The number of benzene rings is 4. The molecule has 45 heavy (non-hydrogen) atoms. The molecule has 0 N–H and O–H groups in total. The molecule has 4 aromatic carbocycles. The quantitative estimate of drug-likeness (QED) is 0.130. The highest BCUT2D eigenvalue weighted by molar-refractivity contribution is 5.66. The number of halogens is 6. The van der Waals surface area contributed by atoms with Gasteiger partial charge in [0, 0.05) is 11.6 Å². The van der Waals surface area contributed by atoms with Gasteiger partial charge in [0.15, 0.2) is 0 Å². The van der Waals surface area contributed by atoms with E-state index in [2.05, 4.69) is 11.7 Å². The van der Waals surface area contributed by atoms with E-state index < -0.39 is 40.7 Å². The van der Waals surface area contributed by atoms with Crippen LogP contribution in [0.4, 0.5) is 26.3 Å². The molecule has 1 fully saturated rings. The van der Waals surface area contributed by atoms with Gasteiger partial charge in [-0.15, -0.1) is 0 Å². The van der Waals surface area contributed by atoms with Crippen LogP contribution in [0.25, 0.3) is 22.3 Å². The van der Waals surface area contributed by atoms with Crippen LogP contribution in [0, 0.1) is 40.5 Å². The molecule has 0 bridgehead atoms. The second kappa shape index (κ2) is 13.8. The average Bonchev–Trinajstić information content (AvgIpc) is 3.01. The molecule has 1 aliphatic rings. The van der Waals surface area contributed by atoms with Crippen molar-refractivity contribution in [2.24, 2.45) is 5.92 Å². The summed E-state index contributed by atoms with van der Waals surface area (Å²) in [4.78, 5) is 0. The van der Waals surface area contributed by atoms with Crippen LogP contribution >= 0.6 is 0 Å². The van der Waals surface area contributed by atoms with Gasteiger partial charge >= 0.3 is 6.11 Å². The molecule has 0 aromatic heterocycles. The number of unbranched alkanes of at least 4 members (excludes halogenated alkanes) is 2. The van der Waals surface area contributed by atoms with Gasteiger partial charge in [-0.2, -0.15) is 14.0 Å². The summed E-state index contributed by atoms with van der Waals surface area (Å²) in [6.07, 6.45) is 5.17. The van der Waals surface area contributed by atoms with E-state index in [0.29, 0.717) is 17.5 Å². The first-order chi connectivity index (χ1) is 21.6. The normalized spacial score (nSPS) is 16.8. The van der Waals surface area contributed by atoms with Crippen LogP contribution < -0.4 is 4.74 Å². The predicted octanol–water partition coefficient (Wildman–Crippen LogP) is 11.4. The van der Waals surface area contributed by atoms with E-state index in [4.69, 9.17) is 5.26 Å². The largest absolute Gasteiger partial charge is 0.432 e. The molecule has 0 aliphatic heterocycles. The molecule has 0 spiro atoms. The van der Waals surface area contributed by atoms with Crippen molar-refractivity contribution in [2.75, 3.05) is 0 Å². The minimum atomic E-state index is -4.47. The zero-order valence-corrected chi connectivity index (χ0v) is 24.9. The van der Waals surface area contributed by atoms with Gasteiger partial charge in [0.05, 0.1) is 5.56 Å². The zero-order chi connectivity index (χ0) is 32.1. The highest BCUT2D eigenvalue weighted by atomic mass is 19.3. The van der Waals surface area contributed by atoms with Crippen LogP contribution in [-0.4, -0.2) is 0 Å². The SMILES string of the molecule is CCCCCC1CCC(c2ccc(-c3cc(F)c(C(F)(F)Oc4ccc(-c5ccc(C#N)c(F)c5)c(F)c4)c(F)c3)cc2)CC1. The maximum Gasteiger partial charge on any atom is 0.432 e. The van der Waals surface area contributed by atoms with Crippen LogP contribution in [0.3, 0.4) is 0 Å². The molecule has 0 unspecified atom stereocenters. The average molecular weight is 622 g/mol. The molecule has 4 aromatic rings. The Balaban J connectivity index is 1.28. The first-order valence-electron chi connectivity index (χ1n) is 15.3. The molecule has 8 heteroatoms. The van der Waals surface area contributed by atoms with Crippen molar-refractivity contribution in [1.82, 2.24) is 0 Å². The lowest BCUT2D eigenvalue weighted by Gasteiger charge is -2.29. The maximum absolute atomic E-state index is 15.1. The molecular formula is C37H33F6NO. The number of hydrogen-bond donors (Lipinski definition) is 0. The van der Waals surface area contributed by atoms with Crippen molar-refractivity contribution in [2.45, 2.75) is 70.3 Å². The molecule has 234 valence electrons. The Morgan fingerprint density at radius 3 is 1.98 bits per heavy atom. The lowest BCUT2D eigenvalue weighted by atomic mass is 9.77. The fourth-order valence-electron chi connectivity index (χ4n) is 6.20. The van der Waals surface area contributed by atoms with Crippen molar-refractivity contribution >= 4 is 0 Å². The van der Waals surface area contributed by atoms with Gasteiger partial charge in [-0.25, -0.2) is 17.6 Å². The van der Waals surface area contributed by atoms with E-state index in [1.807, 2.05) is 12.1 Å². The van der Waals surface area contributed by atoms with Gasteiger partial charge < -0.3 is 4.74 Å². The van der Waals surface area contributed by atoms with Crippen LogP contribution in [0.5, 0.6) is 5.75 Å². The molecule has 5 rings (SSSR count). The smallest absolute Gasteiger partial charge is 0.429 e. The summed E-state index contributed by atoms with van der Waals surface area (Å²) in [7, 11) is 0. The molecule has 0 radical (unpaired) electrons. The van der Waals surface area contributed by atoms with Crippen molar-refractivity contribution in [3.8, 4) is 34.1 Å². The van der Waals surface area contributed by atoms with E-state index >= 15 is 17.6 Å². The van der Waals surface area contributed by atoms with E-state index in [9.17, 15) is 8.78 Å². The molecule has 0 atom stereocenters. The van der Waals surface area contributed by atoms with Gasteiger partial charge in [0.1, 0.15) is 40.7 Å². The van der Waals surface area contributed by atoms with E-state index in [-0.39, 0.29) is 22.3 Å². The fourth-order valence-corrected chi connectivity index (χ4v) is 6.20. The van der Waals surface area contributed by atoms with Crippen LogP contribution in [0.15, 0.2) is 72.8 Å². The van der Waals surface area contributed by atoms with Crippen molar-refractivity contribution in [1.29, 1.82) is 5.26 Å². The summed E-state index contributed by atoms with van der Waals surface area (Å²) in [5, 5.41) is 8.87. The van der Waals surface area contributed by atoms with Crippen molar-refractivity contribution in [3.05, 3.63) is 113 Å². The zero-order valence-electron chi connectivity index (χ0n) is 24.9. The molecule has 1 saturated carbocycles. The monoisotopic (exact) mass is 621 g/mol. The summed E-state index contributed by atoms with van der Waals surface area (Å²) >= 11 is 0. The third-order valence-corrected chi connectivity index (χ3v) is 8.70. The molecule has 2 nitrogen and oxygen atoms in total. The number of nitrogens with zero attached hydrogens (tertiary/aromatic N) is 1. The molecule has 0 heterocycles. The number of hydrogen-bond acceptors (Lipinski definition) is 2. The number of ether oxygens (including phenoxy) is 1. The van der Waals surface area contributed by atoms with E-state index in [1.165, 1.54) is 44.6 Å². The Labute approximate surface area is 259 Å². The molecule has 0 amide bonds. The van der Waals surface area contributed by atoms with Crippen molar-refractivity contribution < 1.29 is 31.1 Å². The minimum Gasteiger partial charge on any atom is -0.429 e. The second-order valence-electron chi connectivity index (χ2n) is 11.7. The first kappa shape index (κ1) is 32.2. The van der Waals surface area contributed by atoms with Crippen LogP contribution in [-0.2, 0) is 6.11 Å². The Hall–Kier alpha value is -4.25. The Kier molecular flexibility index (Phi) is 9.86. The maximum atomic E-state index is 15.1. The summed E-state index contributed by atoms with van der Waals surface area (Å²) in [6.45, 7) is 2.21. The Morgan fingerprint density at radius 2 is 1.38 bits per heavy atom. The lowest BCUT2D eigenvalue weighted by molar-refractivity contribution is -0.189. The highest BCUT2D eigenvalue weighted by Gasteiger charge is 2.41. The minimum absolute atomic E-state index is 0.0632. The predicted molar refractivity (Wildman–Crippen MR) is 162 cm³/mol. The van der Waals surface area contributed by atoms with Crippen LogP contribution in [0.1, 0.15) is 80.9 Å². The lowest BCUT2D eigenvalue weighted by Crippen LogP contribution is -2.25. The summed E-state index contributed by atoms with van der Waals surface area (Å²) < 4.78 is 93.5. The molecule has 0 saturated heterocycles. The summed E-state index contributed by atoms with van der Waals surface area (Å²) in [6, 6.07) is 16.7. The Morgan fingerprint density at radius 1 is 0.733 bits per heavy atom. The summed E-state index contributed by atoms with van der Waals surface area (Å²) in [5.41, 5.74) is -0.178. The fraction of sp³-hybridized carbons (Fsp3) is 0.324. The van der Waals surface area contributed by atoms with Gasteiger partial charge in [-0.3, -0.25) is 0 Å². The second-order valence-corrected chi connectivity index (χ2v) is 11.7. The van der Waals surface area contributed by atoms with Gasteiger partial charge in [0.2, 0.25) is 0 Å². The van der Waals surface area contributed by atoms with Crippen molar-refractivity contribution in [3.63, 3.8) is 0 Å².